The van der Waals surface area contributed by atoms with Gasteiger partial charge in [-0.2, -0.15) is 0 Å². The van der Waals surface area contributed by atoms with E-state index in [0.29, 0.717) is 0 Å². The zero-order valence-electron chi connectivity index (χ0n) is 8.56. The largest absolute Gasteiger partial charge is 0.392 e. The Morgan fingerprint density at radius 1 is 1.64 bits per heavy atom. The third-order valence-electron chi connectivity index (χ3n) is 2.78. The van der Waals surface area contributed by atoms with E-state index in [2.05, 4.69) is 9.88 Å². The standard InChI is InChI=1S/C10H17N3O/c1-12-8-11-5-9(12)6-13-4-2-3-10(14)7-13/h5,8,10,14H,2-4,6-7H2,1H3/t10-/m0/s1. The highest BCUT2D eigenvalue weighted by molar-refractivity contribution is 4.97. The molecule has 4 heteroatoms. The Labute approximate surface area is 84.2 Å². The molecular formula is C10H17N3O. The van der Waals surface area contributed by atoms with E-state index in [0.717, 1.165) is 32.5 Å². The number of aliphatic hydroxyl groups excluding tert-OH is 1. The molecule has 0 radical (unpaired) electrons. The zero-order chi connectivity index (χ0) is 9.97. The maximum absolute atomic E-state index is 9.51. The summed E-state index contributed by atoms with van der Waals surface area (Å²) in [6.07, 6.45) is 5.61. The second-order valence-corrected chi connectivity index (χ2v) is 4.03. The van der Waals surface area contributed by atoms with E-state index in [9.17, 15) is 5.11 Å². The number of nitrogens with zero attached hydrogens (tertiary/aromatic N) is 3. The number of hydrogen-bond acceptors (Lipinski definition) is 3. The molecule has 1 fully saturated rings. The van der Waals surface area contributed by atoms with Crippen LogP contribution in [0, 0.1) is 0 Å². The highest BCUT2D eigenvalue weighted by Crippen LogP contribution is 2.12. The quantitative estimate of drug-likeness (QED) is 0.741. The predicted octanol–water partition coefficient (Wildman–Crippen LogP) is 0.377. The van der Waals surface area contributed by atoms with Crippen LogP contribution in [0.1, 0.15) is 18.5 Å². The van der Waals surface area contributed by atoms with E-state index >= 15 is 0 Å². The lowest BCUT2D eigenvalue weighted by molar-refractivity contribution is 0.0657. The topological polar surface area (TPSA) is 41.3 Å². The van der Waals surface area contributed by atoms with Gasteiger partial charge in [0.1, 0.15) is 0 Å². The lowest BCUT2D eigenvalue weighted by Gasteiger charge is -2.29. The minimum Gasteiger partial charge on any atom is -0.392 e. The molecule has 0 amide bonds. The average molecular weight is 195 g/mol. The molecule has 14 heavy (non-hydrogen) atoms. The Morgan fingerprint density at radius 3 is 3.14 bits per heavy atom. The van der Waals surface area contributed by atoms with Gasteiger partial charge in [0, 0.05) is 26.3 Å². The minimum atomic E-state index is -0.142. The van der Waals surface area contributed by atoms with Crippen LogP contribution in [0.3, 0.4) is 0 Å². The summed E-state index contributed by atoms with van der Waals surface area (Å²) in [5, 5.41) is 9.51. The molecule has 1 aromatic rings. The van der Waals surface area contributed by atoms with Crippen LogP contribution in [-0.2, 0) is 13.6 Å². The van der Waals surface area contributed by atoms with Crippen molar-refractivity contribution in [2.24, 2.45) is 7.05 Å². The van der Waals surface area contributed by atoms with Crippen LogP contribution in [0.15, 0.2) is 12.5 Å². The van der Waals surface area contributed by atoms with E-state index < -0.39 is 0 Å². The van der Waals surface area contributed by atoms with Crippen molar-refractivity contribution in [1.82, 2.24) is 14.5 Å². The van der Waals surface area contributed by atoms with Crippen LogP contribution in [0.4, 0.5) is 0 Å². The molecule has 0 aromatic carbocycles. The van der Waals surface area contributed by atoms with Crippen LogP contribution in [0.5, 0.6) is 0 Å². The fourth-order valence-electron chi connectivity index (χ4n) is 1.94. The summed E-state index contributed by atoms with van der Waals surface area (Å²) in [5.74, 6) is 0. The smallest absolute Gasteiger partial charge is 0.0945 e. The second-order valence-electron chi connectivity index (χ2n) is 4.03. The first kappa shape index (κ1) is 9.68. The van der Waals surface area contributed by atoms with Crippen molar-refractivity contribution in [1.29, 1.82) is 0 Å². The summed E-state index contributed by atoms with van der Waals surface area (Å²) in [7, 11) is 2.00. The normalized spacial score (nSPS) is 24.0. The molecule has 0 spiro atoms. The SMILES string of the molecule is Cn1cncc1CN1CCC[C@H](O)C1. The van der Waals surface area contributed by atoms with E-state index in [-0.39, 0.29) is 6.10 Å². The van der Waals surface area contributed by atoms with Crippen molar-refractivity contribution in [3.63, 3.8) is 0 Å². The molecule has 1 saturated heterocycles. The first-order chi connectivity index (χ1) is 6.75. The van der Waals surface area contributed by atoms with Gasteiger partial charge in [-0.1, -0.05) is 0 Å². The Balaban J connectivity index is 1.94. The highest BCUT2D eigenvalue weighted by Gasteiger charge is 2.18. The summed E-state index contributed by atoms with van der Waals surface area (Å²) in [5.41, 5.74) is 1.21. The number of hydrogen-bond donors (Lipinski definition) is 1. The summed E-state index contributed by atoms with van der Waals surface area (Å²) >= 11 is 0. The molecule has 1 N–H and O–H groups in total. The van der Waals surface area contributed by atoms with Gasteiger partial charge in [-0.15, -0.1) is 0 Å². The monoisotopic (exact) mass is 195 g/mol. The van der Waals surface area contributed by atoms with E-state index in [1.54, 1.807) is 0 Å². The molecule has 1 aliphatic heterocycles. The number of aromatic nitrogens is 2. The first-order valence-corrected chi connectivity index (χ1v) is 5.11. The van der Waals surface area contributed by atoms with Gasteiger partial charge < -0.3 is 9.67 Å². The van der Waals surface area contributed by atoms with Gasteiger partial charge in [-0.05, 0) is 19.4 Å². The van der Waals surface area contributed by atoms with Crippen molar-refractivity contribution in [3.05, 3.63) is 18.2 Å². The summed E-state index contributed by atoms with van der Waals surface area (Å²) < 4.78 is 2.03. The number of aryl methyl sites for hydroxylation is 1. The summed E-state index contributed by atoms with van der Waals surface area (Å²) in [6, 6.07) is 0. The Kier molecular flexibility index (Phi) is 2.84. The second kappa shape index (κ2) is 4.11. The lowest BCUT2D eigenvalue weighted by Crippen LogP contribution is -2.38. The molecule has 2 rings (SSSR count). The van der Waals surface area contributed by atoms with Gasteiger partial charge in [0.2, 0.25) is 0 Å². The third-order valence-corrected chi connectivity index (χ3v) is 2.78. The van der Waals surface area contributed by atoms with Crippen molar-refractivity contribution >= 4 is 0 Å². The molecule has 4 nitrogen and oxygen atoms in total. The fraction of sp³-hybridized carbons (Fsp3) is 0.700. The van der Waals surface area contributed by atoms with Crippen LogP contribution < -0.4 is 0 Å². The molecular weight excluding hydrogens is 178 g/mol. The molecule has 0 unspecified atom stereocenters. The lowest BCUT2D eigenvalue weighted by atomic mass is 10.1. The van der Waals surface area contributed by atoms with E-state index in [1.807, 2.05) is 24.1 Å². The van der Waals surface area contributed by atoms with E-state index in [1.165, 1.54) is 5.69 Å². The van der Waals surface area contributed by atoms with Gasteiger partial charge in [-0.25, -0.2) is 4.98 Å². The number of piperidine rings is 1. The number of aliphatic hydroxyl groups is 1. The van der Waals surface area contributed by atoms with Gasteiger partial charge in [0.25, 0.3) is 0 Å². The molecule has 1 aliphatic rings. The van der Waals surface area contributed by atoms with Crippen LogP contribution in [0.2, 0.25) is 0 Å². The third kappa shape index (κ3) is 2.13. The number of β-amino-alcohol motifs (C(OH)–C–C–N with tert-alkyl or cyclic N) is 1. The van der Waals surface area contributed by atoms with Crippen molar-refractivity contribution in [2.75, 3.05) is 13.1 Å². The molecule has 1 aromatic heterocycles. The number of rotatable bonds is 2. The maximum atomic E-state index is 9.51. The van der Waals surface area contributed by atoms with Crippen LogP contribution in [-0.4, -0.2) is 38.8 Å². The Morgan fingerprint density at radius 2 is 2.50 bits per heavy atom. The molecule has 2 heterocycles. The maximum Gasteiger partial charge on any atom is 0.0945 e. The zero-order valence-corrected chi connectivity index (χ0v) is 8.56. The fourth-order valence-corrected chi connectivity index (χ4v) is 1.94. The van der Waals surface area contributed by atoms with Gasteiger partial charge in [0.05, 0.1) is 18.1 Å². The summed E-state index contributed by atoms with van der Waals surface area (Å²) in [6.45, 7) is 2.78. The van der Waals surface area contributed by atoms with Crippen molar-refractivity contribution < 1.29 is 5.11 Å². The predicted molar refractivity (Wildman–Crippen MR) is 53.7 cm³/mol. The molecule has 0 aliphatic carbocycles. The van der Waals surface area contributed by atoms with Gasteiger partial charge in [0.15, 0.2) is 0 Å². The first-order valence-electron chi connectivity index (χ1n) is 5.11. The van der Waals surface area contributed by atoms with Gasteiger partial charge in [-0.3, -0.25) is 4.90 Å². The van der Waals surface area contributed by atoms with Crippen LogP contribution in [0.25, 0.3) is 0 Å². The Bertz CT molecular complexity index is 297. The average Bonchev–Trinajstić information content (AvgIpc) is 2.52. The molecule has 0 bridgehead atoms. The molecule has 78 valence electrons. The highest BCUT2D eigenvalue weighted by atomic mass is 16.3. The van der Waals surface area contributed by atoms with E-state index in [4.69, 9.17) is 0 Å². The Hall–Kier alpha value is -0.870. The van der Waals surface area contributed by atoms with Crippen molar-refractivity contribution in [2.45, 2.75) is 25.5 Å². The van der Waals surface area contributed by atoms with Gasteiger partial charge >= 0.3 is 0 Å². The number of likely N-dealkylation sites (tertiary alicyclic amines) is 1. The number of imidazole rings is 1. The van der Waals surface area contributed by atoms with Crippen molar-refractivity contribution in [3.8, 4) is 0 Å². The van der Waals surface area contributed by atoms with Crippen LogP contribution >= 0.6 is 0 Å². The minimum absolute atomic E-state index is 0.142. The molecule has 1 atom stereocenters. The molecule has 0 saturated carbocycles. The summed E-state index contributed by atoms with van der Waals surface area (Å²) in [4.78, 5) is 6.36.